The van der Waals surface area contributed by atoms with Gasteiger partial charge in [0.1, 0.15) is 5.82 Å². The molecule has 1 fully saturated rings. The summed E-state index contributed by atoms with van der Waals surface area (Å²) in [7, 11) is 1.46. The van der Waals surface area contributed by atoms with E-state index in [1.54, 1.807) is 24.3 Å². The number of thioether (sulfide) groups is 1. The van der Waals surface area contributed by atoms with Gasteiger partial charge in [0.25, 0.3) is 17.1 Å². The summed E-state index contributed by atoms with van der Waals surface area (Å²) in [5.41, 5.74) is 3.73. The molecule has 0 radical (unpaired) electrons. The van der Waals surface area contributed by atoms with Gasteiger partial charge in [-0.3, -0.25) is 19.3 Å². The Kier molecular flexibility index (Phi) is 8.99. The first-order chi connectivity index (χ1) is 18.6. The number of nitrogens with zero attached hydrogens (tertiary/aromatic N) is 1. The van der Waals surface area contributed by atoms with E-state index in [9.17, 15) is 18.8 Å². The van der Waals surface area contributed by atoms with Crippen LogP contribution >= 0.6 is 39.3 Å². The van der Waals surface area contributed by atoms with E-state index in [0.29, 0.717) is 28.3 Å². The second kappa shape index (κ2) is 12.2. The van der Waals surface area contributed by atoms with Crippen molar-refractivity contribution in [1.82, 2.24) is 4.90 Å². The number of rotatable bonds is 8. The van der Waals surface area contributed by atoms with E-state index in [-0.39, 0.29) is 29.0 Å². The number of carbonyl (C=O) groups excluding carboxylic acids is 3. The van der Waals surface area contributed by atoms with Crippen molar-refractivity contribution in [2.45, 2.75) is 20.4 Å². The minimum Gasteiger partial charge on any atom is -0.493 e. The maximum Gasteiger partial charge on any atom is 0.293 e. The Morgan fingerprint density at radius 1 is 1.10 bits per heavy atom. The van der Waals surface area contributed by atoms with Gasteiger partial charge in [0, 0.05) is 15.2 Å². The fraction of sp³-hybridized carbons (Fsp3) is 0.179. The summed E-state index contributed by atoms with van der Waals surface area (Å²) in [6, 6.07) is 12.4. The molecule has 0 spiro atoms. The van der Waals surface area contributed by atoms with Gasteiger partial charge in [-0.25, -0.2) is 4.39 Å². The summed E-state index contributed by atoms with van der Waals surface area (Å²) < 4.78 is 25.4. The molecule has 202 valence electrons. The van der Waals surface area contributed by atoms with E-state index < -0.39 is 17.0 Å². The zero-order chi connectivity index (χ0) is 28.3. The third kappa shape index (κ3) is 6.63. The minimum atomic E-state index is -0.505. The number of anilines is 1. The Labute approximate surface area is 242 Å². The first kappa shape index (κ1) is 28.7. The predicted molar refractivity (Wildman–Crippen MR) is 154 cm³/mol. The molecule has 39 heavy (non-hydrogen) atoms. The molecular formula is C28H23BrClFN2O5S. The molecular weight excluding hydrogens is 611 g/mol. The van der Waals surface area contributed by atoms with Crippen molar-refractivity contribution in [3.05, 3.63) is 91.0 Å². The summed E-state index contributed by atoms with van der Waals surface area (Å²) in [4.78, 5) is 39.2. The predicted octanol–water partition coefficient (Wildman–Crippen LogP) is 7.12. The van der Waals surface area contributed by atoms with Gasteiger partial charge in [-0.15, -0.1) is 0 Å². The lowest BCUT2D eigenvalue weighted by Gasteiger charge is -2.14. The van der Waals surface area contributed by atoms with Crippen LogP contribution in [0.4, 0.5) is 14.9 Å². The molecule has 1 aliphatic heterocycles. The van der Waals surface area contributed by atoms with E-state index in [1.165, 1.54) is 19.2 Å². The van der Waals surface area contributed by atoms with E-state index in [0.717, 1.165) is 38.3 Å². The number of hydrogen-bond donors (Lipinski definition) is 1. The van der Waals surface area contributed by atoms with Crippen molar-refractivity contribution in [3.8, 4) is 11.5 Å². The van der Waals surface area contributed by atoms with Crippen LogP contribution in [0.3, 0.4) is 0 Å². The molecule has 0 aromatic heterocycles. The SMILES string of the molecule is COc1cc(/C=C2/SC(=O)N(Cc3ccc(F)cc3Cl)C2=O)ccc1OCC(=O)Nc1ccc(Br)c(C)c1C. The lowest BCUT2D eigenvalue weighted by Crippen LogP contribution is -2.27. The van der Waals surface area contributed by atoms with Gasteiger partial charge in [0.15, 0.2) is 18.1 Å². The zero-order valence-electron chi connectivity index (χ0n) is 21.1. The van der Waals surface area contributed by atoms with Gasteiger partial charge in [0.2, 0.25) is 0 Å². The van der Waals surface area contributed by atoms with Crippen LogP contribution in [0.25, 0.3) is 6.08 Å². The molecule has 1 saturated heterocycles. The molecule has 3 amide bonds. The van der Waals surface area contributed by atoms with Crippen molar-refractivity contribution in [2.24, 2.45) is 0 Å². The second-order valence-corrected chi connectivity index (χ2v) is 10.9. The standard InChI is InChI=1S/C28H23BrClFN2O5S/c1-15-16(2)22(8-7-20(15)29)32-26(34)14-38-23-9-4-17(10-24(23)37-3)11-25-27(35)33(28(36)39-25)13-18-5-6-19(31)12-21(18)30/h4-12H,13-14H2,1-3H3,(H,32,34)/b25-11+. The molecule has 0 bridgehead atoms. The maximum atomic E-state index is 13.3. The Balaban J connectivity index is 1.43. The molecule has 0 aliphatic carbocycles. The summed E-state index contributed by atoms with van der Waals surface area (Å²) >= 11 is 10.3. The third-order valence-electron chi connectivity index (χ3n) is 6.06. The highest BCUT2D eigenvalue weighted by Gasteiger charge is 2.35. The summed E-state index contributed by atoms with van der Waals surface area (Å²) in [6.07, 6.45) is 1.56. The quantitative estimate of drug-likeness (QED) is 0.266. The Bertz CT molecular complexity index is 1510. The number of halogens is 3. The normalized spacial score (nSPS) is 14.2. The second-order valence-electron chi connectivity index (χ2n) is 8.60. The van der Waals surface area contributed by atoms with E-state index >= 15 is 0 Å². The monoisotopic (exact) mass is 632 g/mol. The van der Waals surface area contributed by atoms with Gasteiger partial charge < -0.3 is 14.8 Å². The summed E-state index contributed by atoms with van der Waals surface area (Å²) in [6.45, 7) is 3.57. The van der Waals surface area contributed by atoms with Gasteiger partial charge >= 0.3 is 0 Å². The van der Waals surface area contributed by atoms with Gasteiger partial charge in [-0.05, 0) is 90.3 Å². The number of methoxy groups -OCH3 is 1. The van der Waals surface area contributed by atoms with Crippen molar-refractivity contribution < 1.29 is 28.2 Å². The zero-order valence-corrected chi connectivity index (χ0v) is 24.3. The molecule has 4 rings (SSSR count). The minimum absolute atomic E-state index is 0.0708. The van der Waals surface area contributed by atoms with Gasteiger partial charge in [0.05, 0.1) is 18.6 Å². The average molecular weight is 634 g/mol. The molecule has 0 saturated carbocycles. The van der Waals surface area contributed by atoms with Crippen LogP contribution in [0.2, 0.25) is 5.02 Å². The third-order valence-corrected chi connectivity index (χ3v) is 8.17. The first-order valence-corrected chi connectivity index (χ1v) is 13.6. The van der Waals surface area contributed by atoms with Crippen LogP contribution in [-0.2, 0) is 16.1 Å². The molecule has 11 heteroatoms. The Morgan fingerprint density at radius 3 is 2.59 bits per heavy atom. The molecule has 3 aromatic carbocycles. The van der Waals surface area contributed by atoms with Crippen molar-refractivity contribution >= 4 is 68.1 Å². The summed E-state index contributed by atoms with van der Waals surface area (Å²) in [5, 5.41) is 2.52. The largest absolute Gasteiger partial charge is 0.493 e. The molecule has 1 aliphatic rings. The maximum absolute atomic E-state index is 13.3. The number of amides is 3. The topological polar surface area (TPSA) is 84.9 Å². The Hall–Kier alpha value is -3.34. The molecule has 0 atom stereocenters. The fourth-order valence-electron chi connectivity index (χ4n) is 3.75. The van der Waals surface area contributed by atoms with E-state index in [2.05, 4.69) is 21.2 Å². The highest BCUT2D eigenvalue weighted by molar-refractivity contribution is 9.10. The molecule has 7 nitrogen and oxygen atoms in total. The molecule has 1 N–H and O–H groups in total. The van der Waals surface area contributed by atoms with E-state index in [4.69, 9.17) is 21.1 Å². The molecule has 3 aromatic rings. The number of carbonyl (C=O) groups is 3. The van der Waals surface area contributed by atoms with Crippen LogP contribution in [0.15, 0.2) is 57.9 Å². The van der Waals surface area contributed by atoms with Crippen LogP contribution in [0.5, 0.6) is 11.5 Å². The van der Waals surface area contributed by atoms with Crippen molar-refractivity contribution in [2.75, 3.05) is 19.0 Å². The number of benzene rings is 3. The fourth-order valence-corrected chi connectivity index (χ4v) is 5.25. The number of nitrogens with one attached hydrogen (secondary N) is 1. The van der Waals surface area contributed by atoms with Crippen LogP contribution < -0.4 is 14.8 Å². The highest BCUT2D eigenvalue weighted by atomic mass is 79.9. The first-order valence-electron chi connectivity index (χ1n) is 11.6. The lowest BCUT2D eigenvalue weighted by molar-refractivity contribution is -0.123. The van der Waals surface area contributed by atoms with Gasteiger partial charge in [-0.1, -0.05) is 39.7 Å². The molecule has 1 heterocycles. The van der Waals surface area contributed by atoms with Crippen molar-refractivity contribution in [1.29, 1.82) is 0 Å². The summed E-state index contributed by atoms with van der Waals surface area (Å²) in [5.74, 6) is -0.632. The van der Waals surface area contributed by atoms with Crippen molar-refractivity contribution in [3.63, 3.8) is 0 Å². The van der Waals surface area contributed by atoms with Crippen LogP contribution in [0, 0.1) is 19.7 Å². The number of ether oxygens (including phenoxy) is 2. The lowest BCUT2D eigenvalue weighted by atomic mass is 10.1. The highest BCUT2D eigenvalue weighted by Crippen LogP contribution is 2.36. The van der Waals surface area contributed by atoms with Crippen LogP contribution in [-0.4, -0.2) is 35.7 Å². The van der Waals surface area contributed by atoms with Crippen LogP contribution in [0.1, 0.15) is 22.3 Å². The number of imide groups is 1. The smallest absolute Gasteiger partial charge is 0.293 e. The average Bonchev–Trinajstić information content (AvgIpc) is 3.16. The molecule has 0 unspecified atom stereocenters. The Morgan fingerprint density at radius 2 is 1.87 bits per heavy atom. The van der Waals surface area contributed by atoms with Gasteiger partial charge in [-0.2, -0.15) is 0 Å². The number of hydrogen-bond acceptors (Lipinski definition) is 6. The van der Waals surface area contributed by atoms with E-state index in [1.807, 2.05) is 26.0 Å².